The van der Waals surface area contributed by atoms with Gasteiger partial charge < -0.3 is 24.2 Å². The van der Waals surface area contributed by atoms with E-state index in [4.69, 9.17) is 26.1 Å². The highest BCUT2D eigenvalue weighted by Crippen LogP contribution is 2.39. The van der Waals surface area contributed by atoms with Crippen LogP contribution in [0.5, 0.6) is 11.5 Å². The van der Waals surface area contributed by atoms with Crippen molar-refractivity contribution in [3.63, 3.8) is 0 Å². The molecule has 3 aromatic carbocycles. The number of nitrogens with zero attached hydrogens (tertiary/aromatic N) is 7. The van der Waals surface area contributed by atoms with Crippen LogP contribution in [0, 0.1) is 29.1 Å². The molecule has 0 saturated carbocycles. The lowest BCUT2D eigenvalue weighted by atomic mass is 9.77. The van der Waals surface area contributed by atoms with Crippen LogP contribution in [0.2, 0.25) is 0 Å². The zero-order valence-corrected chi connectivity index (χ0v) is 40.8. The Morgan fingerprint density at radius 3 is 2.22 bits per heavy atom. The van der Waals surface area contributed by atoms with Gasteiger partial charge >= 0.3 is 0 Å². The van der Waals surface area contributed by atoms with E-state index in [0.717, 1.165) is 129 Å². The maximum Gasteiger partial charge on any atom is 0.264 e. The number of aryl methyl sites for hydroxylation is 1. The fourth-order valence-corrected chi connectivity index (χ4v) is 11.4. The van der Waals surface area contributed by atoms with E-state index >= 15 is 0 Å². The molecule has 4 amide bonds. The van der Waals surface area contributed by atoms with Crippen LogP contribution in [0.3, 0.4) is 0 Å². The molecule has 5 aliphatic rings. The summed E-state index contributed by atoms with van der Waals surface area (Å²) in [6.45, 7) is 13.9. The second kappa shape index (κ2) is 20.9. The average molecular weight is 956 g/mol. The number of carbonyl (C=O) groups is 4. The Hall–Kier alpha value is -6.04. The molecule has 4 fully saturated rings. The van der Waals surface area contributed by atoms with Gasteiger partial charge in [0, 0.05) is 50.8 Å². The van der Waals surface area contributed by atoms with Gasteiger partial charge in [-0.25, -0.2) is 9.97 Å². The van der Waals surface area contributed by atoms with Crippen molar-refractivity contribution in [3.8, 4) is 17.6 Å². The molecule has 362 valence electrons. The predicted octanol–water partition coefficient (Wildman–Crippen LogP) is 7.68. The van der Waals surface area contributed by atoms with E-state index in [9.17, 15) is 24.4 Å². The molecule has 14 nitrogen and oxygen atoms in total. The lowest BCUT2D eigenvalue weighted by Gasteiger charge is -2.42. The van der Waals surface area contributed by atoms with E-state index < -0.39 is 23.8 Å². The molecule has 0 spiro atoms. The molecule has 6 heterocycles. The van der Waals surface area contributed by atoms with Gasteiger partial charge in [0.15, 0.2) is 0 Å². The molecule has 4 saturated heterocycles. The minimum atomic E-state index is -0.969. The highest BCUT2D eigenvalue weighted by molar-refractivity contribution is 6.25. The topological polar surface area (TPSA) is 161 Å². The molecule has 1 atom stereocenters. The maximum atomic E-state index is 13.7. The molecule has 1 N–H and O–H groups in total. The lowest BCUT2D eigenvalue weighted by Crippen LogP contribution is -2.54. The number of anilines is 2. The first-order valence-corrected chi connectivity index (χ1v) is 25.4. The molecule has 9 rings (SSSR count). The number of halogens is 1. The molecule has 1 unspecified atom stereocenters. The van der Waals surface area contributed by atoms with Gasteiger partial charge in [-0.2, -0.15) is 5.26 Å². The number of aromatic nitrogens is 2. The molecule has 0 aliphatic carbocycles. The largest absolute Gasteiger partial charge is 0.491 e. The van der Waals surface area contributed by atoms with Crippen molar-refractivity contribution >= 4 is 46.9 Å². The minimum absolute atomic E-state index is 0.100. The first kappa shape index (κ1) is 48.0. The van der Waals surface area contributed by atoms with Crippen LogP contribution in [0.1, 0.15) is 121 Å². The quantitative estimate of drug-likeness (QED) is 0.0916. The smallest absolute Gasteiger partial charge is 0.264 e. The normalized spacial score (nSPS) is 20.0. The van der Waals surface area contributed by atoms with E-state index in [0.29, 0.717) is 53.4 Å². The second-order valence-electron chi connectivity index (χ2n) is 19.8. The van der Waals surface area contributed by atoms with Crippen molar-refractivity contribution in [2.45, 2.75) is 96.6 Å². The number of nitriles is 1. The van der Waals surface area contributed by atoms with Gasteiger partial charge in [-0.1, -0.05) is 45.0 Å². The Balaban J connectivity index is 0.711. The van der Waals surface area contributed by atoms with Crippen molar-refractivity contribution in [2.75, 3.05) is 68.1 Å². The van der Waals surface area contributed by atoms with E-state index in [1.807, 2.05) is 42.6 Å². The fraction of sp³-hybridized carbons (Fsp3) is 0.500. The van der Waals surface area contributed by atoms with Gasteiger partial charge in [-0.15, -0.1) is 11.6 Å². The van der Waals surface area contributed by atoms with Crippen LogP contribution in [-0.4, -0.2) is 108 Å². The zero-order valence-electron chi connectivity index (χ0n) is 40.1. The van der Waals surface area contributed by atoms with E-state index in [1.54, 1.807) is 6.07 Å². The average Bonchev–Trinajstić information content (AvgIpc) is 3.63. The number of likely N-dealkylation sites (tertiary alicyclic amines) is 1. The maximum absolute atomic E-state index is 13.7. The molecular weight excluding hydrogens is 892 g/mol. The third-order valence-corrected chi connectivity index (χ3v) is 15.6. The van der Waals surface area contributed by atoms with Gasteiger partial charge in [-0.05, 0) is 135 Å². The summed E-state index contributed by atoms with van der Waals surface area (Å²) in [5.74, 6) is 2.63. The van der Waals surface area contributed by atoms with E-state index in [1.165, 1.54) is 12.8 Å². The number of ether oxygens (including phenoxy) is 2. The highest BCUT2D eigenvalue weighted by Gasteiger charge is 2.46. The number of carbonyl (C=O) groups excluding carboxylic acids is 4. The SMILES string of the molecule is CCc1cc(C(C)(C)c2ccc(OCc3ccnc(N4CCC(C5CCN(CC6CCN(c7cccc8c7C(=O)N(C7CCC(=O)NC7=O)C8=O)CC6)CC5)CC4)n3)cc2)cc(C#N)c1OCCCl. The Morgan fingerprint density at radius 2 is 1.54 bits per heavy atom. The third-order valence-electron chi connectivity index (χ3n) is 15.4. The van der Waals surface area contributed by atoms with Crippen molar-refractivity contribution in [3.05, 3.63) is 106 Å². The lowest BCUT2D eigenvalue weighted by molar-refractivity contribution is -0.136. The first-order chi connectivity index (χ1) is 33.4. The van der Waals surface area contributed by atoms with Crippen molar-refractivity contribution in [1.29, 1.82) is 5.26 Å². The number of alkyl halides is 1. The highest BCUT2D eigenvalue weighted by atomic mass is 35.5. The molecule has 15 heteroatoms. The number of nitrogens with one attached hydrogen (secondary N) is 1. The molecule has 5 aliphatic heterocycles. The summed E-state index contributed by atoms with van der Waals surface area (Å²) in [5.41, 5.74) is 5.63. The number of piperidine rings is 4. The van der Waals surface area contributed by atoms with Crippen LogP contribution >= 0.6 is 11.6 Å². The van der Waals surface area contributed by atoms with Crippen LogP contribution in [0.4, 0.5) is 11.6 Å². The van der Waals surface area contributed by atoms with Gasteiger partial charge in [0.05, 0.1) is 34.0 Å². The number of amides is 4. The fourth-order valence-electron chi connectivity index (χ4n) is 11.3. The first-order valence-electron chi connectivity index (χ1n) is 24.8. The van der Waals surface area contributed by atoms with Crippen molar-refractivity contribution in [2.24, 2.45) is 17.8 Å². The Labute approximate surface area is 410 Å². The van der Waals surface area contributed by atoms with E-state index in [-0.39, 0.29) is 24.2 Å². The van der Waals surface area contributed by atoms with Crippen molar-refractivity contribution < 1.29 is 28.7 Å². The summed E-state index contributed by atoms with van der Waals surface area (Å²) in [6.07, 6.45) is 9.58. The van der Waals surface area contributed by atoms with Gasteiger partial charge in [0.1, 0.15) is 36.8 Å². The molecule has 0 radical (unpaired) electrons. The number of hydrogen-bond donors (Lipinski definition) is 1. The van der Waals surface area contributed by atoms with Gasteiger partial charge in [-0.3, -0.25) is 29.4 Å². The minimum Gasteiger partial charge on any atom is -0.491 e. The van der Waals surface area contributed by atoms with Crippen LogP contribution in [0.25, 0.3) is 0 Å². The molecule has 0 bridgehead atoms. The zero-order chi connectivity index (χ0) is 48.2. The third kappa shape index (κ3) is 10.2. The summed E-state index contributed by atoms with van der Waals surface area (Å²) in [5, 5.41) is 12.2. The second-order valence-corrected chi connectivity index (χ2v) is 20.2. The van der Waals surface area contributed by atoms with Crippen LogP contribution in [0.15, 0.2) is 66.9 Å². The predicted molar refractivity (Wildman–Crippen MR) is 264 cm³/mol. The van der Waals surface area contributed by atoms with Gasteiger partial charge in [0.2, 0.25) is 17.8 Å². The monoisotopic (exact) mass is 954 g/mol. The summed E-state index contributed by atoms with van der Waals surface area (Å²) in [4.78, 5) is 69.3. The number of rotatable bonds is 15. The van der Waals surface area contributed by atoms with Crippen LogP contribution in [-0.2, 0) is 28.0 Å². The number of benzene rings is 3. The molecule has 1 aromatic heterocycles. The summed E-state index contributed by atoms with van der Waals surface area (Å²) in [6, 6.07) is 20.9. The standard InChI is InChI=1S/C54H63ClN8O6/c1-4-36-30-41(31-39(32-56)49(36)68-29-21-55)54(2,3)40-8-10-43(11-9-40)69-34-42-14-22-57-53(58-42)62-27-19-38(20-28-62)37-17-23-60(24-18-37)33-35-15-25-61(26-16-35)45-7-5-6-44-48(45)52(67)63(51(44)66)46-12-13-47(64)59-50(46)65/h5-11,14,22,30-31,35,37-38,46H,4,12-13,15-21,23-29,33-34H2,1-3H3,(H,59,64,65). The molecule has 69 heavy (non-hydrogen) atoms. The van der Waals surface area contributed by atoms with Gasteiger partial charge in [0.25, 0.3) is 11.8 Å². The van der Waals surface area contributed by atoms with Crippen molar-refractivity contribution in [1.82, 2.24) is 25.1 Å². The Morgan fingerprint density at radius 1 is 0.826 bits per heavy atom. The molecule has 4 aromatic rings. The summed E-state index contributed by atoms with van der Waals surface area (Å²) >= 11 is 5.88. The number of imide groups is 2. The van der Waals surface area contributed by atoms with E-state index in [2.05, 4.69) is 70.0 Å². The Bertz CT molecular complexity index is 2590. The van der Waals surface area contributed by atoms with Crippen LogP contribution < -0.4 is 24.6 Å². The number of fused-ring (bicyclic) bond motifs is 1. The molecular formula is C54H63ClN8O6. The summed E-state index contributed by atoms with van der Waals surface area (Å²) < 4.78 is 12.1. The Kier molecular flexibility index (Phi) is 14.5. The number of hydrogen-bond acceptors (Lipinski definition) is 12. The summed E-state index contributed by atoms with van der Waals surface area (Å²) in [7, 11) is 0.